The fourth-order valence-electron chi connectivity index (χ4n) is 3.96. The number of para-hydroxylation sites is 1. The lowest BCUT2D eigenvalue weighted by Crippen LogP contribution is -2.55. The first-order valence-corrected chi connectivity index (χ1v) is 10.7. The van der Waals surface area contributed by atoms with Gasteiger partial charge in [-0.2, -0.15) is 0 Å². The first kappa shape index (κ1) is 22.5. The zero-order chi connectivity index (χ0) is 21.7. The van der Waals surface area contributed by atoms with Crippen LogP contribution in [0.3, 0.4) is 0 Å². The molecule has 1 N–H and O–H groups in total. The van der Waals surface area contributed by atoms with Gasteiger partial charge >= 0.3 is 0 Å². The molecule has 0 aliphatic carbocycles. The summed E-state index contributed by atoms with van der Waals surface area (Å²) in [7, 11) is 0. The van der Waals surface area contributed by atoms with Crippen molar-refractivity contribution in [2.24, 2.45) is 0 Å². The molecule has 0 bridgehead atoms. The molecular weight excluding hydrogens is 385 g/mol. The molecule has 0 unspecified atom stereocenters. The molecule has 2 heterocycles. The summed E-state index contributed by atoms with van der Waals surface area (Å²) in [6.07, 6.45) is 0. The molecule has 2 fully saturated rings. The average molecular weight is 420 g/mol. The summed E-state index contributed by atoms with van der Waals surface area (Å²) in [5.41, 5.74) is 0.387. The third kappa shape index (κ3) is 6.40. The van der Waals surface area contributed by atoms with E-state index in [4.69, 9.17) is 0 Å². The van der Waals surface area contributed by atoms with Crippen molar-refractivity contribution in [2.45, 2.75) is 26.3 Å². The zero-order valence-corrected chi connectivity index (χ0v) is 18.4. The van der Waals surface area contributed by atoms with E-state index >= 15 is 0 Å². The maximum Gasteiger partial charge on any atom is 0.236 e. The molecule has 2 amide bonds. The van der Waals surface area contributed by atoms with Gasteiger partial charge in [0.2, 0.25) is 11.8 Å². The molecule has 2 aliphatic heterocycles. The van der Waals surface area contributed by atoms with Gasteiger partial charge in [-0.3, -0.25) is 19.4 Å². The highest BCUT2D eigenvalue weighted by Crippen LogP contribution is 2.20. The van der Waals surface area contributed by atoms with Crippen molar-refractivity contribution in [2.75, 3.05) is 70.3 Å². The standard InChI is InChI=1S/C22H34FN5O2/c1-22(2,3)24-20(29)16-25-8-10-26(11-9-25)17-21(30)28-14-12-27(13-15-28)19-7-5-4-6-18(19)23/h4-7H,8-17H2,1-3H3,(H,24,29). The molecule has 166 valence electrons. The third-order valence-electron chi connectivity index (χ3n) is 5.53. The van der Waals surface area contributed by atoms with E-state index in [2.05, 4.69) is 15.1 Å². The normalized spacial score (nSPS) is 19.1. The number of carbonyl (C=O) groups is 2. The number of nitrogens with zero attached hydrogens (tertiary/aromatic N) is 4. The molecule has 0 atom stereocenters. The SMILES string of the molecule is CC(C)(C)NC(=O)CN1CCN(CC(=O)N2CCN(c3ccccc3F)CC2)CC1. The van der Waals surface area contributed by atoms with Crippen molar-refractivity contribution >= 4 is 17.5 Å². The van der Waals surface area contributed by atoms with E-state index in [1.54, 1.807) is 12.1 Å². The third-order valence-corrected chi connectivity index (χ3v) is 5.53. The van der Waals surface area contributed by atoms with E-state index in [0.717, 1.165) is 26.2 Å². The fraction of sp³-hybridized carbons (Fsp3) is 0.636. The number of hydrogen-bond acceptors (Lipinski definition) is 5. The Hall–Kier alpha value is -2.19. The first-order chi connectivity index (χ1) is 14.2. The second kappa shape index (κ2) is 9.75. The highest BCUT2D eigenvalue weighted by atomic mass is 19.1. The Morgan fingerprint density at radius 2 is 1.47 bits per heavy atom. The van der Waals surface area contributed by atoms with Gasteiger partial charge in [0.15, 0.2) is 0 Å². The molecule has 3 rings (SSSR count). The number of benzene rings is 1. The lowest BCUT2D eigenvalue weighted by atomic mass is 10.1. The Bertz CT molecular complexity index is 735. The number of anilines is 1. The molecule has 0 saturated carbocycles. The molecule has 30 heavy (non-hydrogen) atoms. The highest BCUT2D eigenvalue weighted by molar-refractivity contribution is 5.79. The van der Waals surface area contributed by atoms with Gasteiger partial charge in [-0.1, -0.05) is 12.1 Å². The van der Waals surface area contributed by atoms with Gasteiger partial charge in [-0.25, -0.2) is 4.39 Å². The predicted octanol–water partition coefficient (Wildman–Crippen LogP) is 1.01. The maximum absolute atomic E-state index is 14.0. The summed E-state index contributed by atoms with van der Waals surface area (Å²) in [6, 6.07) is 6.78. The van der Waals surface area contributed by atoms with Gasteiger partial charge in [0, 0.05) is 57.9 Å². The summed E-state index contributed by atoms with van der Waals surface area (Å²) in [5.74, 6) is -0.0480. The van der Waals surface area contributed by atoms with Crippen molar-refractivity contribution in [3.05, 3.63) is 30.1 Å². The molecule has 2 aliphatic rings. The molecular formula is C22H34FN5O2. The average Bonchev–Trinajstić information content (AvgIpc) is 2.68. The van der Waals surface area contributed by atoms with Crippen LogP contribution < -0.4 is 10.2 Å². The van der Waals surface area contributed by atoms with E-state index < -0.39 is 0 Å². The summed E-state index contributed by atoms with van der Waals surface area (Å²) >= 11 is 0. The Balaban J connectivity index is 1.38. The minimum atomic E-state index is -0.221. The predicted molar refractivity (Wildman–Crippen MR) is 116 cm³/mol. The first-order valence-electron chi connectivity index (χ1n) is 10.7. The monoisotopic (exact) mass is 419 g/mol. The van der Waals surface area contributed by atoms with E-state index in [1.165, 1.54) is 6.07 Å². The van der Waals surface area contributed by atoms with Crippen LogP contribution in [-0.2, 0) is 9.59 Å². The Morgan fingerprint density at radius 1 is 0.900 bits per heavy atom. The van der Waals surface area contributed by atoms with E-state index in [1.807, 2.05) is 36.6 Å². The van der Waals surface area contributed by atoms with Gasteiger partial charge in [-0.15, -0.1) is 0 Å². The minimum Gasteiger partial charge on any atom is -0.366 e. The molecule has 8 heteroatoms. The largest absolute Gasteiger partial charge is 0.366 e. The fourth-order valence-corrected chi connectivity index (χ4v) is 3.96. The molecule has 7 nitrogen and oxygen atoms in total. The van der Waals surface area contributed by atoms with Crippen molar-refractivity contribution in [3.63, 3.8) is 0 Å². The number of piperazine rings is 2. The Morgan fingerprint density at radius 3 is 2.03 bits per heavy atom. The van der Waals surface area contributed by atoms with Gasteiger partial charge in [-0.05, 0) is 32.9 Å². The highest BCUT2D eigenvalue weighted by Gasteiger charge is 2.26. The number of nitrogens with one attached hydrogen (secondary N) is 1. The van der Waals surface area contributed by atoms with Crippen LogP contribution in [0.4, 0.5) is 10.1 Å². The van der Waals surface area contributed by atoms with Crippen LogP contribution >= 0.6 is 0 Å². The summed E-state index contributed by atoms with van der Waals surface area (Å²) in [4.78, 5) is 33.0. The summed E-state index contributed by atoms with van der Waals surface area (Å²) in [6.45, 7) is 12.4. The van der Waals surface area contributed by atoms with Crippen molar-refractivity contribution in [1.82, 2.24) is 20.0 Å². The lowest BCUT2D eigenvalue weighted by molar-refractivity contribution is -0.133. The van der Waals surface area contributed by atoms with E-state index in [9.17, 15) is 14.0 Å². The van der Waals surface area contributed by atoms with Crippen LogP contribution in [-0.4, -0.2) is 97.5 Å². The topological polar surface area (TPSA) is 59.1 Å². The molecule has 2 saturated heterocycles. The van der Waals surface area contributed by atoms with Gasteiger partial charge < -0.3 is 15.1 Å². The van der Waals surface area contributed by atoms with Crippen LogP contribution in [0, 0.1) is 5.82 Å². The summed E-state index contributed by atoms with van der Waals surface area (Å²) in [5, 5.41) is 2.99. The Labute approximate surface area is 178 Å². The second-order valence-corrected chi connectivity index (χ2v) is 9.17. The molecule has 0 aromatic heterocycles. The number of amides is 2. The molecule has 1 aromatic rings. The number of hydrogen-bond donors (Lipinski definition) is 1. The number of carbonyl (C=O) groups excluding carboxylic acids is 2. The minimum absolute atomic E-state index is 0.0414. The number of halogens is 1. The Kier molecular flexibility index (Phi) is 7.31. The maximum atomic E-state index is 14.0. The van der Waals surface area contributed by atoms with Crippen LogP contribution in [0.15, 0.2) is 24.3 Å². The smallest absolute Gasteiger partial charge is 0.236 e. The van der Waals surface area contributed by atoms with Gasteiger partial charge in [0.1, 0.15) is 5.82 Å². The van der Waals surface area contributed by atoms with Crippen LogP contribution in [0.2, 0.25) is 0 Å². The van der Waals surface area contributed by atoms with Crippen LogP contribution in [0.25, 0.3) is 0 Å². The van der Waals surface area contributed by atoms with Crippen LogP contribution in [0.5, 0.6) is 0 Å². The van der Waals surface area contributed by atoms with Crippen molar-refractivity contribution in [3.8, 4) is 0 Å². The lowest BCUT2D eigenvalue weighted by Gasteiger charge is -2.38. The second-order valence-electron chi connectivity index (χ2n) is 9.17. The molecule has 0 spiro atoms. The van der Waals surface area contributed by atoms with Crippen LogP contribution in [0.1, 0.15) is 20.8 Å². The van der Waals surface area contributed by atoms with Gasteiger partial charge in [0.25, 0.3) is 0 Å². The molecule has 0 radical (unpaired) electrons. The quantitative estimate of drug-likeness (QED) is 0.772. The van der Waals surface area contributed by atoms with Gasteiger partial charge in [0.05, 0.1) is 18.8 Å². The summed E-state index contributed by atoms with van der Waals surface area (Å²) < 4.78 is 14.0. The van der Waals surface area contributed by atoms with E-state index in [-0.39, 0.29) is 23.2 Å². The van der Waals surface area contributed by atoms with Crippen molar-refractivity contribution < 1.29 is 14.0 Å². The van der Waals surface area contributed by atoms with E-state index in [0.29, 0.717) is 45.0 Å². The molecule has 1 aromatic carbocycles. The zero-order valence-electron chi connectivity index (χ0n) is 18.4. The van der Waals surface area contributed by atoms with Crippen molar-refractivity contribution in [1.29, 1.82) is 0 Å². The number of rotatable bonds is 5.